The first kappa shape index (κ1) is 13.6. The Balaban J connectivity index is 1.39. The summed E-state index contributed by atoms with van der Waals surface area (Å²) in [4.78, 5) is 4.08. The first-order valence-corrected chi connectivity index (χ1v) is 9.01. The number of hydrogen-bond donors (Lipinski definition) is 1. The van der Waals surface area contributed by atoms with Crippen molar-refractivity contribution in [2.24, 2.45) is 5.92 Å². The van der Waals surface area contributed by atoms with Crippen LogP contribution in [-0.2, 0) is 6.54 Å². The minimum absolute atomic E-state index is 0.859. The molecule has 0 amide bonds. The average Bonchev–Trinajstić information content (AvgIpc) is 3.01. The summed E-state index contributed by atoms with van der Waals surface area (Å²) in [6, 6.07) is 3.14. The van der Waals surface area contributed by atoms with Gasteiger partial charge in [-0.1, -0.05) is 0 Å². The lowest BCUT2D eigenvalue weighted by molar-refractivity contribution is 0.312. The Morgan fingerprint density at radius 1 is 1.33 bits per heavy atom. The van der Waals surface area contributed by atoms with Gasteiger partial charge >= 0.3 is 0 Å². The quantitative estimate of drug-likeness (QED) is 0.817. The Morgan fingerprint density at radius 3 is 2.83 bits per heavy atom. The molecular weight excluding hydrogens is 376 g/mol. The SMILES string of the molecule is Brc1cc(CNCC2CCN(C3CC3)C2)sc1Br. The van der Waals surface area contributed by atoms with Crippen molar-refractivity contribution in [3.63, 3.8) is 0 Å². The lowest BCUT2D eigenvalue weighted by atomic mass is 10.1. The minimum Gasteiger partial charge on any atom is -0.312 e. The number of halogens is 2. The first-order valence-electron chi connectivity index (χ1n) is 6.61. The number of hydrogen-bond acceptors (Lipinski definition) is 3. The summed E-state index contributed by atoms with van der Waals surface area (Å²) < 4.78 is 2.37. The molecule has 1 unspecified atom stereocenters. The van der Waals surface area contributed by atoms with Gasteiger partial charge in [0.05, 0.1) is 3.79 Å². The standard InChI is InChI=1S/C13H18Br2N2S/c14-12-5-11(18-13(12)15)7-16-6-9-3-4-17(8-9)10-1-2-10/h5,9-10,16H,1-4,6-8H2. The summed E-state index contributed by atoms with van der Waals surface area (Å²) in [6.45, 7) is 4.80. The third-order valence-corrected chi connectivity index (χ3v) is 7.07. The molecule has 100 valence electrons. The van der Waals surface area contributed by atoms with Gasteiger partial charge in [0.1, 0.15) is 0 Å². The van der Waals surface area contributed by atoms with Crippen molar-refractivity contribution in [2.75, 3.05) is 19.6 Å². The zero-order chi connectivity index (χ0) is 12.5. The van der Waals surface area contributed by atoms with Crippen LogP contribution in [0.1, 0.15) is 24.1 Å². The first-order chi connectivity index (χ1) is 8.72. The Hall–Kier alpha value is 0.580. The third-order valence-electron chi connectivity index (χ3n) is 3.81. The van der Waals surface area contributed by atoms with Crippen LogP contribution in [-0.4, -0.2) is 30.6 Å². The largest absolute Gasteiger partial charge is 0.312 e. The summed E-state index contributed by atoms with van der Waals surface area (Å²) in [5.41, 5.74) is 0. The Bertz CT molecular complexity index is 398. The van der Waals surface area contributed by atoms with Crippen molar-refractivity contribution in [3.8, 4) is 0 Å². The molecule has 2 aliphatic rings. The molecule has 5 heteroatoms. The van der Waals surface area contributed by atoms with E-state index in [9.17, 15) is 0 Å². The van der Waals surface area contributed by atoms with Crippen LogP contribution in [0.4, 0.5) is 0 Å². The highest BCUT2D eigenvalue weighted by Gasteiger charge is 2.33. The van der Waals surface area contributed by atoms with Gasteiger partial charge in [0.2, 0.25) is 0 Å². The van der Waals surface area contributed by atoms with Gasteiger partial charge in [-0.15, -0.1) is 11.3 Å². The molecule has 1 atom stereocenters. The summed E-state index contributed by atoms with van der Waals surface area (Å²) in [7, 11) is 0. The number of thiophene rings is 1. The highest BCUT2D eigenvalue weighted by atomic mass is 79.9. The van der Waals surface area contributed by atoms with Crippen LogP contribution in [0.5, 0.6) is 0 Å². The molecule has 0 radical (unpaired) electrons. The van der Waals surface area contributed by atoms with Gasteiger partial charge in [-0.25, -0.2) is 0 Å². The number of nitrogens with zero attached hydrogens (tertiary/aromatic N) is 1. The van der Waals surface area contributed by atoms with Crippen LogP contribution in [0.15, 0.2) is 14.3 Å². The van der Waals surface area contributed by atoms with E-state index in [4.69, 9.17) is 0 Å². The maximum atomic E-state index is 3.61. The topological polar surface area (TPSA) is 15.3 Å². The number of rotatable bonds is 5. The molecule has 1 saturated heterocycles. The summed E-state index contributed by atoms with van der Waals surface area (Å²) in [6.07, 6.45) is 4.26. The van der Waals surface area contributed by atoms with Gasteiger partial charge in [0.25, 0.3) is 0 Å². The third kappa shape index (κ3) is 3.37. The number of likely N-dealkylation sites (tertiary alicyclic amines) is 1. The minimum atomic E-state index is 0.859. The predicted octanol–water partition coefficient (Wildman–Crippen LogP) is 3.85. The van der Waals surface area contributed by atoms with Gasteiger partial charge in [0.15, 0.2) is 0 Å². The van der Waals surface area contributed by atoms with Crippen molar-refractivity contribution in [1.82, 2.24) is 10.2 Å². The predicted molar refractivity (Wildman–Crippen MR) is 84.1 cm³/mol. The molecule has 1 aromatic rings. The Labute approximate surface area is 129 Å². The molecule has 0 aromatic carbocycles. The van der Waals surface area contributed by atoms with E-state index in [2.05, 4.69) is 48.1 Å². The van der Waals surface area contributed by atoms with E-state index in [1.807, 2.05) is 11.3 Å². The zero-order valence-electron chi connectivity index (χ0n) is 10.3. The second kappa shape index (κ2) is 5.92. The second-order valence-electron chi connectivity index (χ2n) is 5.35. The van der Waals surface area contributed by atoms with Crippen LogP contribution < -0.4 is 5.32 Å². The molecule has 1 aromatic heterocycles. The fourth-order valence-corrected chi connectivity index (χ4v) is 4.83. The van der Waals surface area contributed by atoms with E-state index in [0.717, 1.165) is 25.0 Å². The fourth-order valence-electron chi connectivity index (χ4n) is 2.68. The van der Waals surface area contributed by atoms with Crippen molar-refractivity contribution < 1.29 is 0 Å². The molecule has 0 bridgehead atoms. The Kier molecular flexibility index (Phi) is 4.46. The highest BCUT2D eigenvalue weighted by Crippen LogP contribution is 2.33. The van der Waals surface area contributed by atoms with Crippen LogP contribution >= 0.6 is 43.2 Å². The molecule has 2 fully saturated rings. The van der Waals surface area contributed by atoms with Crippen LogP contribution in [0, 0.1) is 5.92 Å². The summed E-state index contributed by atoms with van der Waals surface area (Å²) >= 11 is 8.89. The van der Waals surface area contributed by atoms with Crippen molar-refractivity contribution >= 4 is 43.2 Å². The normalized spacial score (nSPS) is 24.9. The van der Waals surface area contributed by atoms with Gasteiger partial charge in [-0.2, -0.15) is 0 Å². The van der Waals surface area contributed by atoms with Gasteiger partial charge in [-0.3, -0.25) is 0 Å². The second-order valence-corrected chi connectivity index (χ2v) is 8.66. The summed E-state index contributed by atoms with van der Waals surface area (Å²) in [5, 5.41) is 3.61. The molecule has 3 rings (SSSR count). The molecule has 1 saturated carbocycles. The molecule has 1 aliphatic heterocycles. The van der Waals surface area contributed by atoms with Crippen molar-refractivity contribution in [3.05, 3.63) is 19.2 Å². The van der Waals surface area contributed by atoms with Gasteiger partial charge in [0, 0.05) is 28.5 Å². The molecule has 1 N–H and O–H groups in total. The average molecular weight is 394 g/mol. The molecule has 18 heavy (non-hydrogen) atoms. The molecule has 1 aliphatic carbocycles. The van der Waals surface area contributed by atoms with Crippen molar-refractivity contribution in [1.29, 1.82) is 0 Å². The fraction of sp³-hybridized carbons (Fsp3) is 0.692. The maximum Gasteiger partial charge on any atom is 0.0843 e. The van der Waals surface area contributed by atoms with Gasteiger partial charge < -0.3 is 10.2 Å². The lowest BCUT2D eigenvalue weighted by Crippen LogP contribution is -2.27. The van der Waals surface area contributed by atoms with E-state index < -0.39 is 0 Å². The van der Waals surface area contributed by atoms with Crippen molar-refractivity contribution in [2.45, 2.75) is 31.8 Å². The van der Waals surface area contributed by atoms with E-state index in [0.29, 0.717) is 0 Å². The van der Waals surface area contributed by atoms with E-state index in [1.165, 1.54) is 45.5 Å². The molecule has 2 nitrogen and oxygen atoms in total. The molecule has 2 heterocycles. The smallest absolute Gasteiger partial charge is 0.0843 e. The monoisotopic (exact) mass is 392 g/mol. The van der Waals surface area contributed by atoms with E-state index in [-0.39, 0.29) is 0 Å². The van der Waals surface area contributed by atoms with E-state index >= 15 is 0 Å². The van der Waals surface area contributed by atoms with Crippen LogP contribution in [0.3, 0.4) is 0 Å². The van der Waals surface area contributed by atoms with Gasteiger partial charge in [-0.05, 0) is 76.2 Å². The van der Waals surface area contributed by atoms with E-state index in [1.54, 1.807) is 0 Å². The summed E-state index contributed by atoms with van der Waals surface area (Å²) in [5.74, 6) is 0.859. The maximum absolute atomic E-state index is 3.61. The molecule has 0 spiro atoms. The van der Waals surface area contributed by atoms with Crippen LogP contribution in [0.2, 0.25) is 0 Å². The zero-order valence-corrected chi connectivity index (χ0v) is 14.3. The Morgan fingerprint density at radius 2 is 2.17 bits per heavy atom. The lowest BCUT2D eigenvalue weighted by Gasteiger charge is -2.14. The molecular formula is C13H18Br2N2S. The van der Waals surface area contributed by atoms with Crippen LogP contribution in [0.25, 0.3) is 0 Å². The highest BCUT2D eigenvalue weighted by molar-refractivity contribution is 9.13. The number of nitrogens with one attached hydrogen (secondary N) is 1.